The summed E-state index contributed by atoms with van der Waals surface area (Å²) in [5.74, 6) is 0.781. The van der Waals surface area contributed by atoms with Gasteiger partial charge < -0.3 is 15.6 Å². The number of aromatic hydroxyl groups is 1. The van der Waals surface area contributed by atoms with Crippen molar-refractivity contribution in [3.05, 3.63) is 18.2 Å². The van der Waals surface area contributed by atoms with Gasteiger partial charge in [-0.05, 0) is 18.6 Å². The summed E-state index contributed by atoms with van der Waals surface area (Å²) in [6.07, 6.45) is 10.2. The van der Waals surface area contributed by atoms with Crippen LogP contribution in [0, 0.1) is 0 Å². The van der Waals surface area contributed by atoms with Crippen LogP contribution in [0.3, 0.4) is 0 Å². The summed E-state index contributed by atoms with van der Waals surface area (Å²) >= 11 is 0. The summed E-state index contributed by atoms with van der Waals surface area (Å²) in [5.41, 5.74) is 6.34. The van der Waals surface area contributed by atoms with Crippen molar-refractivity contribution in [2.45, 2.75) is 58.3 Å². The Kier molecular flexibility index (Phi) is 7.87. The number of benzene rings is 1. The molecule has 0 spiro atoms. The predicted octanol–water partition coefficient (Wildman–Crippen LogP) is 4.49. The van der Waals surface area contributed by atoms with Gasteiger partial charge in [-0.25, -0.2) is 0 Å². The molecule has 0 aliphatic rings. The number of phenols is 1. The number of ether oxygens (including phenoxy) is 1. The highest BCUT2D eigenvalue weighted by molar-refractivity contribution is 5.55. The molecule has 0 heterocycles. The first kappa shape index (κ1) is 15.7. The first-order valence-corrected chi connectivity index (χ1v) is 7.45. The second kappa shape index (κ2) is 9.54. The van der Waals surface area contributed by atoms with Crippen LogP contribution in [-0.4, -0.2) is 11.7 Å². The highest BCUT2D eigenvalue weighted by Gasteiger charge is 2.01. The van der Waals surface area contributed by atoms with E-state index in [0.29, 0.717) is 18.0 Å². The summed E-state index contributed by atoms with van der Waals surface area (Å²) in [7, 11) is 0. The van der Waals surface area contributed by atoms with E-state index in [-0.39, 0.29) is 5.75 Å². The van der Waals surface area contributed by atoms with Crippen LogP contribution in [0.5, 0.6) is 11.5 Å². The Labute approximate surface area is 116 Å². The van der Waals surface area contributed by atoms with E-state index in [9.17, 15) is 5.11 Å². The molecular formula is C16H27NO2. The van der Waals surface area contributed by atoms with Crippen LogP contribution < -0.4 is 10.5 Å². The van der Waals surface area contributed by atoms with E-state index < -0.39 is 0 Å². The number of rotatable bonds is 10. The summed E-state index contributed by atoms with van der Waals surface area (Å²) in [6, 6.07) is 4.80. The molecule has 1 aromatic rings. The van der Waals surface area contributed by atoms with Gasteiger partial charge in [0.1, 0.15) is 11.5 Å². The van der Waals surface area contributed by atoms with Gasteiger partial charge in [-0.2, -0.15) is 0 Å². The van der Waals surface area contributed by atoms with Crippen molar-refractivity contribution < 1.29 is 9.84 Å². The summed E-state index contributed by atoms with van der Waals surface area (Å²) in [5, 5.41) is 9.35. The second-order valence-electron chi connectivity index (χ2n) is 5.05. The lowest BCUT2D eigenvalue weighted by molar-refractivity contribution is 0.304. The van der Waals surface area contributed by atoms with Crippen molar-refractivity contribution in [2.24, 2.45) is 0 Å². The van der Waals surface area contributed by atoms with Gasteiger partial charge in [-0.1, -0.05) is 51.9 Å². The van der Waals surface area contributed by atoms with Crippen LogP contribution in [0.4, 0.5) is 5.69 Å². The monoisotopic (exact) mass is 265 g/mol. The highest BCUT2D eigenvalue weighted by Crippen LogP contribution is 2.26. The number of unbranched alkanes of at least 4 members (excludes halogenated alkanes) is 7. The Morgan fingerprint density at radius 3 is 2.32 bits per heavy atom. The van der Waals surface area contributed by atoms with Gasteiger partial charge >= 0.3 is 0 Å². The third-order valence-corrected chi connectivity index (χ3v) is 3.25. The van der Waals surface area contributed by atoms with Gasteiger partial charge in [0.15, 0.2) is 0 Å². The summed E-state index contributed by atoms with van der Waals surface area (Å²) in [4.78, 5) is 0. The smallest absolute Gasteiger partial charge is 0.145 e. The van der Waals surface area contributed by atoms with Crippen LogP contribution in [0.2, 0.25) is 0 Å². The normalized spacial score (nSPS) is 10.6. The number of hydrogen-bond acceptors (Lipinski definition) is 3. The third kappa shape index (κ3) is 6.94. The molecule has 0 radical (unpaired) electrons. The van der Waals surface area contributed by atoms with Gasteiger partial charge in [0.05, 0.1) is 12.3 Å². The maximum atomic E-state index is 9.35. The molecule has 3 nitrogen and oxygen atoms in total. The van der Waals surface area contributed by atoms with E-state index in [1.807, 2.05) is 0 Å². The molecule has 0 aromatic heterocycles. The first-order valence-electron chi connectivity index (χ1n) is 7.45. The minimum Gasteiger partial charge on any atom is -0.508 e. The lowest BCUT2D eigenvalue weighted by Crippen LogP contribution is -2.00. The van der Waals surface area contributed by atoms with Crippen LogP contribution in [0.15, 0.2) is 18.2 Å². The topological polar surface area (TPSA) is 55.5 Å². The maximum absolute atomic E-state index is 9.35. The van der Waals surface area contributed by atoms with Crippen LogP contribution in [0.1, 0.15) is 58.3 Å². The molecule has 0 saturated carbocycles. The zero-order chi connectivity index (χ0) is 13.9. The summed E-state index contributed by atoms with van der Waals surface area (Å²) < 4.78 is 5.58. The molecule has 0 atom stereocenters. The molecule has 0 unspecified atom stereocenters. The average molecular weight is 265 g/mol. The van der Waals surface area contributed by atoms with E-state index in [4.69, 9.17) is 10.5 Å². The quantitative estimate of drug-likeness (QED) is 0.372. The van der Waals surface area contributed by atoms with Crippen LogP contribution in [-0.2, 0) is 0 Å². The fourth-order valence-electron chi connectivity index (χ4n) is 2.07. The zero-order valence-electron chi connectivity index (χ0n) is 12.0. The van der Waals surface area contributed by atoms with Crippen molar-refractivity contribution in [1.82, 2.24) is 0 Å². The number of anilines is 1. The molecule has 0 bridgehead atoms. The van der Waals surface area contributed by atoms with Gasteiger partial charge in [0.25, 0.3) is 0 Å². The Hall–Kier alpha value is -1.38. The number of phenolic OH excluding ortho intramolecular Hbond substituents is 1. The molecule has 1 rings (SSSR count). The lowest BCUT2D eigenvalue weighted by Gasteiger charge is -2.09. The van der Waals surface area contributed by atoms with E-state index >= 15 is 0 Å². The Bertz CT molecular complexity index is 353. The molecule has 0 fully saturated rings. The molecular weight excluding hydrogens is 238 g/mol. The molecule has 1 aromatic carbocycles. The second-order valence-corrected chi connectivity index (χ2v) is 5.05. The SMILES string of the molecule is CCCCCCCCCCOc1cc(O)ccc1N. The van der Waals surface area contributed by atoms with Crippen molar-refractivity contribution >= 4 is 5.69 Å². The number of nitrogens with two attached hydrogens (primary N) is 1. The average Bonchev–Trinajstić information content (AvgIpc) is 2.40. The van der Waals surface area contributed by atoms with Gasteiger partial charge in [0, 0.05) is 6.07 Å². The van der Waals surface area contributed by atoms with Crippen LogP contribution in [0.25, 0.3) is 0 Å². The molecule has 0 saturated heterocycles. The van der Waals surface area contributed by atoms with Crippen molar-refractivity contribution in [1.29, 1.82) is 0 Å². The van der Waals surface area contributed by atoms with E-state index in [1.54, 1.807) is 18.2 Å². The largest absolute Gasteiger partial charge is 0.508 e. The molecule has 3 heteroatoms. The Morgan fingerprint density at radius 1 is 1.00 bits per heavy atom. The summed E-state index contributed by atoms with van der Waals surface area (Å²) in [6.45, 7) is 2.91. The predicted molar refractivity (Wildman–Crippen MR) is 80.6 cm³/mol. The molecule has 19 heavy (non-hydrogen) atoms. The molecule has 3 N–H and O–H groups in total. The first-order chi connectivity index (χ1) is 9.24. The van der Waals surface area contributed by atoms with E-state index in [0.717, 1.165) is 6.42 Å². The van der Waals surface area contributed by atoms with Crippen LogP contribution >= 0.6 is 0 Å². The Balaban J connectivity index is 2.03. The highest BCUT2D eigenvalue weighted by atomic mass is 16.5. The van der Waals surface area contributed by atoms with Crippen molar-refractivity contribution in [2.75, 3.05) is 12.3 Å². The fraction of sp³-hybridized carbons (Fsp3) is 0.625. The Morgan fingerprint density at radius 2 is 1.63 bits per heavy atom. The molecule has 108 valence electrons. The van der Waals surface area contributed by atoms with Crippen molar-refractivity contribution in [3.63, 3.8) is 0 Å². The molecule has 0 aliphatic heterocycles. The third-order valence-electron chi connectivity index (χ3n) is 3.25. The minimum absolute atomic E-state index is 0.195. The maximum Gasteiger partial charge on any atom is 0.145 e. The zero-order valence-corrected chi connectivity index (χ0v) is 12.0. The van der Waals surface area contributed by atoms with E-state index in [2.05, 4.69) is 6.92 Å². The van der Waals surface area contributed by atoms with Crippen molar-refractivity contribution in [3.8, 4) is 11.5 Å². The minimum atomic E-state index is 0.195. The fourth-order valence-corrected chi connectivity index (χ4v) is 2.07. The number of nitrogen functional groups attached to an aromatic ring is 1. The molecule has 0 amide bonds. The molecule has 0 aliphatic carbocycles. The lowest BCUT2D eigenvalue weighted by atomic mass is 10.1. The van der Waals surface area contributed by atoms with Gasteiger partial charge in [-0.3, -0.25) is 0 Å². The number of hydrogen-bond donors (Lipinski definition) is 2. The van der Waals surface area contributed by atoms with Gasteiger partial charge in [0.2, 0.25) is 0 Å². The standard InChI is InChI=1S/C16H27NO2/c1-2-3-4-5-6-7-8-9-12-19-16-13-14(18)10-11-15(16)17/h10-11,13,18H,2-9,12,17H2,1H3. The van der Waals surface area contributed by atoms with E-state index in [1.165, 1.54) is 44.9 Å². The van der Waals surface area contributed by atoms with Gasteiger partial charge in [-0.15, -0.1) is 0 Å².